The number of carbonyl (C=O) groups is 2. The first-order valence-corrected chi connectivity index (χ1v) is 7.73. The minimum absolute atomic E-state index is 0.0124. The molecule has 0 aromatic rings. The van der Waals surface area contributed by atoms with E-state index in [1.54, 1.807) is 0 Å². The van der Waals surface area contributed by atoms with Crippen LogP contribution < -0.4 is 11.5 Å². The molecule has 1 heterocycles. The zero-order valence-electron chi connectivity index (χ0n) is 13.4. The predicted octanol–water partition coefficient (Wildman–Crippen LogP) is 0.775. The zero-order chi connectivity index (χ0) is 16.0. The lowest BCUT2D eigenvalue weighted by Crippen LogP contribution is -2.42. The fraction of sp³-hybridized carbons (Fsp3) is 0.867. The van der Waals surface area contributed by atoms with Gasteiger partial charge >= 0.3 is 5.97 Å². The summed E-state index contributed by atoms with van der Waals surface area (Å²) in [5.74, 6) is -0.389. The molecule has 4 N–H and O–H groups in total. The fourth-order valence-corrected chi connectivity index (χ4v) is 2.35. The Hall–Kier alpha value is -1.14. The highest BCUT2D eigenvalue weighted by molar-refractivity contribution is 5.81. The maximum absolute atomic E-state index is 12.0. The van der Waals surface area contributed by atoms with Gasteiger partial charge in [0.25, 0.3) is 0 Å². The Kier molecular flexibility index (Phi) is 6.61. The fourth-order valence-electron chi connectivity index (χ4n) is 2.35. The average molecular weight is 299 g/mol. The number of ether oxygens (including phenoxy) is 1. The first-order valence-electron chi connectivity index (χ1n) is 7.73. The quantitative estimate of drug-likeness (QED) is 0.706. The number of hydrogen-bond acceptors (Lipinski definition) is 5. The molecular formula is C15H29N3O3. The van der Waals surface area contributed by atoms with E-state index in [1.165, 1.54) is 0 Å². The number of likely N-dealkylation sites (tertiary alicyclic amines) is 1. The zero-order valence-corrected chi connectivity index (χ0v) is 13.4. The molecule has 0 bridgehead atoms. The van der Waals surface area contributed by atoms with Crippen LogP contribution in [0.5, 0.6) is 0 Å². The van der Waals surface area contributed by atoms with Crippen molar-refractivity contribution >= 4 is 11.9 Å². The van der Waals surface area contributed by atoms with Gasteiger partial charge in [0, 0.05) is 13.1 Å². The third-order valence-corrected chi connectivity index (χ3v) is 3.47. The number of carbonyl (C=O) groups excluding carboxylic acids is 2. The number of nitrogens with zero attached hydrogens (tertiary/aromatic N) is 1. The van der Waals surface area contributed by atoms with Gasteiger partial charge < -0.3 is 21.1 Å². The SMILES string of the molecule is CC(C)(C)OC(=O)C(N)CCCC(N)C(=O)N1CCCC1. The first kappa shape index (κ1) is 17.9. The topological polar surface area (TPSA) is 98.6 Å². The van der Waals surface area contributed by atoms with E-state index in [2.05, 4.69) is 0 Å². The molecule has 0 aliphatic carbocycles. The molecule has 0 radical (unpaired) electrons. The van der Waals surface area contributed by atoms with E-state index in [4.69, 9.17) is 16.2 Å². The van der Waals surface area contributed by atoms with Crippen LogP contribution in [0.15, 0.2) is 0 Å². The van der Waals surface area contributed by atoms with Gasteiger partial charge in [0.05, 0.1) is 6.04 Å². The largest absolute Gasteiger partial charge is 0.459 e. The lowest BCUT2D eigenvalue weighted by molar-refractivity contribution is -0.156. The van der Waals surface area contributed by atoms with Crippen LogP contribution in [0.25, 0.3) is 0 Å². The van der Waals surface area contributed by atoms with E-state index in [0.717, 1.165) is 25.9 Å². The van der Waals surface area contributed by atoms with Crippen LogP contribution in [0.3, 0.4) is 0 Å². The lowest BCUT2D eigenvalue weighted by atomic mass is 10.1. The summed E-state index contributed by atoms with van der Waals surface area (Å²) in [5, 5.41) is 0. The molecule has 1 rings (SSSR count). The van der Waals surface area contributed by atoms with E-state index in [9.17, 15) is 9.59 Å². The van der Waals surface area contributed by atoms with Crippen LogP contribution >= 0.6 is 0 Å². The van der Waals surface area contributed by atoms with Crippen molar-refractivity contribution in [3.63, 3.8) is 0 Å². The van der Waals surface area contributed by atoms with E-state index >= 15 is 0 Å². The van der Waals surface area contributed by atoms with Crippen molar-refractivity contribution in [1.29, 1.82) is 0 Å². The number of hydrogen-bond donors (Lipinski definition) is 2. The second-order valence-electron chi connectivity index (χ2n) is 6.71. The highest BCUT2D eigenvalue weighted by Crippen LogP contribution is 2.13. The van der Waals surface area contributed by atoms with Crippen LogP contribution in [0, 0.1) is 0 Å². The van der Waals surface area contributed by atoms with Crippen molar-refractivity contribution < 1.29 is 14.3 Å². The van der Waals surface area contributed by atoms with Crippen molar-refractivity contribution in [2.75, 3.05) is 13.1 Å². The Morgan fingerprint density at radius 2 is 1.62 bits per heavy atom. The molecule has 6 heteroatoms. The molecule has 21 heavy (non-hydrogen) atoms. The minimum atomic E-state index is -0.654. The van der Waals surface area contributed by atoms with E-state index < -0.39 is 23.7 Å². The molecule has 1 amide bonds. The van der Waals surface area contributed by atoms with Crippen molar-refractivity contribution in [2.45, 2.75) is 70.6 Å². The number of rotatable bonds is 6. The number of nitrogens with two attached hydrogens (primary N) is 2. The van der Waals surface area contributed by atoms with Crippen LogP contribution in [0.1, 0.15) is 52.9 Å². The normalized spacial score (nSPS) is 18.4. The smallest absolute Gasteiger partial charge is 0.323 e. The summed E-state index contributed by atoms with van der Waals surface area (Å²) in [6.07, 6.45) is 3.78. The van der Waals surface area contributed by atoms with Gasteiger partial charge in [0.15, 0.2) is 0 Å². The summed E-state index contributed by atoms with van der Waals surface area (Å²) in [7, 11) is 0. The Labute approximate surface area is 127 Å². The Morgan fingerprint density at radius 1 is 1.10 bits per heavy atom. The Balaban J connectivity index is 2.25. The highest BCUT2D eigenvalue weighted by atomic mass is 16.6. The second kappa shape index (κ2) is 7.75. The van der Waals surface area contributed by atoms with Gasteiger partial charge in [-0.3, -0.25) is 9.59 Å². The first-order chi connectivity index (χ1) is 9.70. The van der Waals surface area contributed by atoms with Gasteiger partial charge in [-0.05, 0) is 52.9 Å². The van der Waals surface area contributed by atoms with Crippen LogP contribution in [0.2, 0.25) is 0 Å². The van der Waals surface area contributed by atoms with Gasteiger partial charge in [-0.1, -0.05) is 0 Å². The summed E-state index contributed by atoms with van der Waals surface area (Å²) in [6, 6.07) is -1.15. The minimum Gasteiger partial charge on any atom is -0.459 e. The van der Waals surface area contributed by atoms with E-state index in [1.807, 2.05) is 25.7 Å². The molecule has 0 aromatic heterocycles. The monoisotopic (exact) mass is 299 g/mol. The van der Waals surface area contributed by atoms with E-state index in [-0.39, 0.29) is 5.91 Å². The van der Waals surface area contributed by atoms with Crippen molar-refractivity contribution in [2.24, 2.45) is 11.5 Å². The predicted molar refractivity (Wildman–Crippen MR) is 81.5 cm³/mol. The van der Waals surface area contributed by atoms with Crippen LogP contribution in [-0.4, -0.2) is 47.6 Å². The van der Waals surface area contributed by atoms with Crippen LogP contribution in [0.4, 0.5) is 0 Å². The van der Waals surface area contributed by atoms with Gasteiger partial charge in [-0.2, -0.15) is 0 Å². The molecule has 0 spiro atoms. The molecule has 6 nitrogen and oxygen atoms in total. The van der Waals surface area contributed by atoms with Crippen molar-refractivity contribution in [3.05, 3.63) is 0 Å². The lowest BCUT2D eigenvalue weighted by Gasteiger charge is -2.23. The molecule has 1 saturated heterocycles. The molecule has 0 aromatic carbocycles. The number of esters is 1. The summed E-state index contributed by atoms with van der Waals surface area (Å²) in [5.41, 5.74) is 11.2. The average Bonchev–Trinajstić information content (AvgIpc) is 2.89. The van der Waals surface area contributed by atoms with Crippen molar-refractivity contribution in [1.82, 2.24) is 4.90 Å². The maximum Gasteiger partial charge on any atom is 0.323 e. The standard InChI is InChI=1S/C15H29N3O3/c1-15(2,3)21-14(20)12(17)8-6-7-11(16)13(19)18-9-4-5-10-18/h11-12H,4-10,16-17H2,1-3H3. The van der Waals surface area contributed by atoms with Gasteiger partial charge in [0.1, 0.15) is 11.6 Å². The van der Waals surface area contributed by atoms with Crippen LogP contribution in [-0.2, 0) is 14.3 Å². The molecule has 2 atom stereocenters. The van der Waals surface area contributed by atoms with Crippen molar-refractivity contribution in [3.8, 4) is 0 Å². The third-order valence-electron chi connectivity index (χ3n) is 3.47. The number of amides is 1. The molecule has 1 aliphatic heterocycles. The highest BCUT2D eigenvalue weighted by Gasteiger charge is 2.25. The maximum atomic E-state index is 12.0. The van der Waals surface area contributed by atoms with Gasteiger partial charge in [0.2, 0.25) is 5.91 Å². The Morgan fingerprint density at radius 3 is 2.14 bits per heavy atom. The molecule has 122 valence electrons. The summed E-state index contributed by atoms with van der Waals surface area (Å²) in [6.45, 7) is 7.04. The molecule has 1 fully saturated rings. The molecule has 1 aliphatic rings. The van der Waals surface area contributed by atoms with E-state index in [0.29, 0.717) is 19.3 Å². The third kappa shape index (κ3) is 6.44. The van der Waals surface area contributed by atoms with Gasteiger partial charge in [-0.25, -0.2) is 0 Å². The molecule has 0 saturated carbocycles. The molecule has 2 unspecified atom stereocenters. The second-order valence-corrected chi connectivity index (χ2v) is 6.71. The van der Waals surface area contributed by atoms with Gasteiger partial charge in [-0.15, -0.1) is 0 Å². The summed E-state index contributed by atoms with van der Waals surface area (Å²) >= 11 is 0. The Bertz CT molecular complexity index is 360. The molecular weight excluding hydrogens is 270 g/mol. The summed E-state index contributed by atoms with van der Waals surface area (Å²) in [4.78, 5) is 25.6. The summed E-state index contributed by atoms with van der Waals surface area (Å²) < 4.78 is 5.22.